The van der Waals surface area contributed by atoms with Gasteiger partial charge in [-0.3, -0.25) is 4.72 Å². The summed E-state index contributed by atoms with van der Waals surface area (Å²) >= 11 is 0. The van der Waals surface area contributed by atoms with Crippen LogP contribution in [0.15, 0.2) is 45.8 Å². The van der Waals surface area contributed by atoms with Crippen LogP contribution < -0.4 is 18.9 Å². The molecule has 0 aliphatic heterocycles. The molecule has 154 valence electrons. The van der Waals surface area contributed by atoms with Crippen molar-refractivity contribution >= 4 is 15.7 Å². The van der Waals surface area contributed by atoms with Gasteiger partial charge < -0.3 is 18.7 Å². The summed E-state index contributed by atoms with van der Waals surface area (Å²) in [6.07, 6.45) is 0. The van der Waals surface area contributed by atoms with Gasteiger partial charge in [-0.2, -0.15) is 0 Å². The van der Waals surface area contributed by atoms with Gasteiger partial charge in [-0.25, -0.2) is 8.42 Å². The van der Waals surface area contributed by atoms with Crippen LogP contribution in [0.3, 0.4) is 0 Å². The van der Waals surface area contributed by atoms with Gasteiger partial charge in [0.1, 0.15) is 0 Å². The maximum atomic E-state index is 13.0. The van der Waals surface area contributed by atoms with Gasteiger partial charge in [0.25, 0.3) is 10.0 Å². The Kier molecular flexibility index (Phi) is 5.69. The number of benzene rings is 2. The summed E-state index contributed by atoms with van der Waals surface area (Å²) in [5.74, 6) is 1.64. The second kappa shape index (κ2) is 8.04. The molecule has 0 unspecified atom stereocenters. The molecule has 0 fully saturated rings. The highest BCUT2D eigenvalue weighted by molar-refractivity contribution is 7.92. The van der Waals surface area contributed by atoms with Gasteiger partial charge in [0.2, 0.25) is 5.75 Å². The fourth-order valence-electron chi connectivity index (χ4n) is 2.95. The van der Waals surface area contributed by atoms with Gasteiger partial charge in [-0.1, -0.05) is 5.16 Å². The van der Waals surface area contributed by atoms with Crippen molar-refractivity contribution in [1.29, 1.82) is 0 Å². The normalized spacial score (nSPS) is 11.2. The Labute approximate surface area is 169 Å². The predicted octanol–water partition coefficient (Wildman–Crippen LogP) is 3.79. The van der Waals surface area contributed by atoms with Crippen molar-refractivity contribution in [3.05, 3.63) is 47.7 Å². The number of methoxy groups -OCH3 is 3. The van der Waals surface area contributed by atoms with Crippen molar-refractivity contribution in [2.45, 2.75) is 18.7 Å². The molecular weight excluding hydrogens is 396 g/mol. The van der Waals surface area contributed by atoms with Gasteiger partial charge in [-0.05, 0) is 37.6 Å². The topological polar surface area (TPSA) is 99.9 Å². The number of ether oxygens (including phenoxy) is 3. The molecule has 2 aromatic carbocycles. The largest absolute Gasteiger partial charge is 0.493 e. The van der Waals surface area contributed by atoms with Crippen molar-refractivity contribution in [2.24, 2.45) is 0 Å². The minimum Gasteiger partial charge on any atom is -0.493 e. The number of anilines is 1. The Balaban J connectivity index is 1.96. The smallest absolute Gasteiger partial charge is 0.262 e. The summed E-state index contributed by atoms with van der Waals surface area (Å²) < 4.78 is 49.6. The van der Waals surface area contributed by atoms with Crippen LogP contribution >= 0.6 is 0 Å². The highest BCUT2D eigenvalue weighted by Gasteiger charge is 2.21. The molecule has 8 nitrogen and oxygen atoms in total. The third kappa shape index (κ3) is 4.14. The van der Waals surface area contributed by atoms with Gasteiger partial charge in [0.15, 0.2) is 17.3 Å². The molecule has 9 heteroatoms. The summed E-state index contributed by atoms with van der Waals surface area (Å²) in [4.78, 5) is 0.145. The van der Waals surface area contributed by atoms with E-state index in [4.69, 9.17) is 18.7 Å². The third-order valence-electron chi connectivity index (χ3n) is 4.29. The number of aryl methyl sites for hydroxylation is 2. The molecule has 1 N–H and O–H groups in total. The second-order valence-electron chi connectivity index (χ2n) is 6.33. The minimum absolute atomic E-state index is 0.145. The van der Waals surface area contributed by atoms with E-state index in [9.17, 15) is 8.42 Å². The zero-order valence-electron chi connectivity index (χ0n) is 16.8. The predicted molar refractivity (Wildman–Crippen MR) is 108 cm³/mol. The maximum absolute atomic E-state index is 13.0. The van der Waals surface area contributed by atoms with E-state index in [-0.39, 0.29) is 10.6 Å². The average molecular weight is 418 g/mol. The standard InChI is InChI=1S/C20H22N2O6S/c1-12-8-14(16-9-13(2)21-28-16)6-7-19(12)29(23,24)22-15-10-17(25-3)20(27-5)18(11-15)26-4/h6-11,22H,1-5H3. The Bertz CT molecular complexity index is 1110. The summed E-state index contributed by atoms with van der Waals surface area (Å²) in [6.45, 7) is 3.54. The summed E-state index contributed by atoms with van der Waals surface area (Å²) in [5, 5.41) is 3.86. The van der Waals surface area contributed by atoms with Crippen LogP contribution in [0.5, 0.6) is 17.2 Å². The number of rotatable bonds is 7. The quantitative estimate of drug-likeness (QED) is 0.623. The fraction of sp³-hybridized carbons (Fsp3) is 0.250. The maximum Gasteiger partial charge on any atom is 0.262 e. The second-order valence-corrected chi connectivity index (χ2v) is 7.98. The minimum atomic E-state index is -3.86. The molecule has 0 atom stereocenters. The first kappa shape index (κ1) is 20.5. The van der Waals surface area contributed by atoms with Crippen LogP contribution in [0, 0.1) is 13.8 Å². The van der Waals surface area contributed by atoms with E-state index in [0.717, 1.165) is 11.3 Å². The Morgan fingerprint density at radius 3 is 2.07 bits per heavy atom. The van der Waals surface area contributed by atoms with Crippen LogP contribution in [0.2, 0.25) is 0 Å². The Hall–Kier alpha value is -3.20. The Morgan fingerprint density at radius 1 is 0.931 bits per heavy atom. The lowest BCUT2D eigenvalue weighted by Gasteiger charge is -2.16. The van der Waals surface area contributed by atoms with E-state index in [1.165, 1.54) is 39.5 Å². The molecule has 0 spiro atoms. The number of hydrogen-bond donors (Lipinski definition) is 1. The molecule has 3 aromatic rings. The number of nitrogens with one attached hydrogen (secondary N) is 1. The van der Waals surface area contributed by atoms with Crippen LogP contribution in [0.4, 0.5) is 5.69 Å². The molecular formula is C20H22N2O6S. The number of hydrogen-bond acceptors (Lipinski definition) is 7. The summed E-state index contributed by atoms with van der Waals surface area (Å²) in [5.41, 5.74) is 2.35. The van der Waals surface area contributed by atoms with E-state index >= 15 is 0 Å². The van der Waals surface area contributed by atoms with E-state index < -0.39 is 10.0 Å². The van der Waals surface area contributed by atoms with E-state index in [1.54, 1.807) is 25.1 Å². The van der Waals surface area contributed by atoms with Crippen molar-refractivity contribution in [3.8, 4) is 28.6 Å². The van der Waals surface area contributed by atoms with Gasteiger partial charge in [-0.15, -0.1) is 0 Å². The lowest BCUT2D eigenvalue weighted by atomic mass is 10.1. The number of sulfonamides is 1. The molecule has 0 aliphatic rings. The third-order valence-corrected chi connectivity index (χ3v) is 5.84. The first-order chi connectivity index (χ1) is 13.8. The zero-order chi connectivity index (χ0) is 21.2. The van der Waals surface area contributed by atoms with Gasteiger partial charge in [0.05, 0.1) is 37.6 Å². The van der Waals surface area contributed by atoms with E-state index in [2.05, 4.69) is 9.88 Å². The van der Waals surface area contributed by atoms with Gasteiger partial charge in [0, 0.05) is 23.8 Å². The molecule has 0 bridgehead atoms. The van der Waals surface area contributed by atoms with Crippen LogP contribution in [-0.2, 0) is 10.0 Å². The molecule has 0 aliphatic carbocycles. The molecule has 0 radical (unpaired) electrons. The Morgan fingerprint density at radius 2 is 1.59 bits per heavy atom. The first-order valence-electron chi connectivity index (χ1n) is 8.66. The SMILES string of the molecule is COc1cc(NS(=O)(=O)c2ccc(-c3cc(C)no3)cc2C)cc(OC)c1OC. The van der Waals surface area contributed by atoms with Crippen molar-refractivity contribution < 1.29 is 27.2 Å². The van der Waals surface area contributed by atoms with Crippen molar-refractivity contribution in [1.82, 2.24) is 5.16 Å². The van der Waals surface area contributed by atoms with Crippen LogP contribution in [0.1, 0.15) is 11.3 Å². The molecule has 1 aromatic heterocycles. The molecule has 0 amide bonds. The average Bonchev–Trinajstić information content (AvgIpc) is 3.12. The monoisotopic (exact) mass is 418 g/mol. The van der Waals surface area contributed by atoms with E-state index in [0.29, 0.717) is 28.6 Å². The van der Waals surface area contributed by atoms with Crippen LogP contribution in [0.25, 0.3) is 11.3 Å². The zero-order valence-corrected chi connectivity index (χ0v) is 17.6. The van der Waals surface area contributed by atoms with Crippen molar-refractivity contribution in [3.63, 3.8) is 0 Å². The first-order valence-corrected chi connectivity index (χ1v) is 10.1. The molecule has 1 heterocycles. The highest BCUT2D eigenvalue weighted by Crippen LogP contribution is 2.40. The van der Waals surface area contributed by atoms with Gasteiger partial charge >= 0.3 is 0 Å². The van der Waals surface area contributed by atoms with Crippen molar-refractivity contribution in [2.75, 3.05) is 26.1 Å². The number of aromatic nitrogens is 1. The fourth-order valence-corrected chi connectivity index (χ4v) is 4.22. The summed E-state index contributed by atoms with van der Waals surface area (Å²) in [7, 11) is 0.546. The summed E-state index contributed by atoms with van der Waals surface area (Å²) in [6, 6.07) is 9.79. The molecule has 0 saturated heterocycles. The lowest BCUT2D eigenvalue weighted by Crippen LogP contribution is -2.14. The number of nitrogens with zero attached hydrogens (tertiary/aromatic N) is 1. The van der Waals surface area contributed by atoms with E-state index in [1.807, 2.05) is 6.92 Å². The highest BCUT2D eigenvalue weighted by atomic mass is 32.2. The molecule has 0 saturated carbocycles. The molecule has 29 heavy (non-hydrogen) atoms. The van der Waals surface area contributed by atoms with Crippen LogP contribution in [-0.4, -0.2) is 34.9 Å². The molecule has 3 rings (SSSR count). The lowest BCUT2D eigenvalue weighted by molar-refractivity contribution is 0.325.